The SMILES string of the molecule is OC1CCCCC1Nc1cc(Cl)cc(Cl)c1. The molecular weight excluding hydrogens is 245 g/mol. The molecule has 0 saturated heterocycles. The fourth-order valence-corrected chi connectivity index (χ4v) is 2.66. The molecule has 1 aliphatic carbocycles. The van der Waals surface area contributed by atoms with Gasteiger partial charge in [-0.05, 0) is 31.0 Å². The van der Waals surface area contributed by atoms with E-state index in [1.165, 1.54) is 0 Å². The highest BCUT2D eigenvalue weighted by Crippen LogP contribution is 2.26. The minimum atomic E-state index is -0.272. The third-order valence-electron chi connectivity index (χ3n) is 2.94. The second-order valence-electron chi connectivity index (χ2n) is 4.26. The molecule has 2 rings (SSSR count). The summed E-state index contributed by atoms with van der Waals surface area (Å²) in [6.45, 7) is 0. The molecule has 0 aliphatic heterocycles. The van der Waals surface area contributed by atoms with Gasteiger partial charge in [-0.25, -0.2) is 0 Å². The van der Waals surface area contributed by atoms with Crippen molar-refractivity contribution in [3.05, 3.63) is 28.2 Å². The Balaban J connectivity index is 2.07. The van der Waals surface area contributed by atoms with E-state index in [2.05, 4.69) is 5.32 Å². The van der Waals surface area contributed by atoms with Gasteiger partial charge < -0.3 is 10.4 Å². The summed E-state index contributed by atoms with van der Waals surface area (Å²) in [6.07, 6.45) is 3.85. The zero-order valence-electron chi connectivity index (χ0n) is 8.92. The Labute approximate surface area is 106 Å². The Bertz CT molecular complexity index is 350. The molecule has 0 aromatic heterocycles. The molecule has 16 heavy (non-hydrogen) atoms. The van der Waals surface area contributed by atoms with Crippen molar-refractivity contribution < 1.29 is 5.11 Å². The van der Waals surface area contributed by atoms with Crippen LogP contribution in [-0.2, 0) is 0 Å². The van der Waals surface area contributed by atoms with Gasteiger partial charge in [0.15, 0.2) is 0 Å². The molecule has 1 aliphatic rings. The molecule has 4 heteroatoms. The molecule has 0 spiro atoms. The maximum Gasteiger partial charge on any atom is 0.0741 e. The number of anilines is 1. The highest BCUT2D eigenvalue weighted by atomic mass is 35.5. The molecule has 2 atom stereocenters. The maximum absolute atomic E-state index is 9.84. The number of hydrogen-bond donors (Lipinski definition) is 2. The van der Waals surface area contributed by atoms with E-state index in [1.54, 1.807) is 6.07 Å². The molecule has 88 valence electrons. The normalized spacial score (nSPS) is 25.4. The average Bonchev–Trinajstić information content (AvgIpc) is 2.20. The summed E-state index contributed by atoms with van der Waals surface area (Å²) < 4.78 is 0. The number of aliphatic hydroxyl groups excluding tert-OH is 1. The molecule has 2 nitrogen and oxygen atoms in total. The van der Waals surface area contributed by atoms with Gasteiger partial charge in [0.1, 0.15) is 0 Å². The van der Waals surface area contributed by atoms with Gasteiger partial charge in [0, 0.05) is 15.7 Å². The second-order valence-corrected chi connectivity index (χ2v) is 5.13. The predicted molar refractivity (Wildman–Crippen MR) is 68.3 cm³/mol. The van der Waals surface area contributed by atoms with Crippen molar-refractivity contribution in [2.75, 3.05) is 5.32 Å². The van der Waals surface area contributed by atoms with Gasteiger partial charge in [-0.2, -0.15) is 0 Å². The van der Waals surface area contributed by atoms with Crippen LogP contribution in [0, 0.1) is 0 Å². The number of benzene rings is 1. The number of halogens is 2. The molecule has 1 aromatic rings. The molecular formula is C12H15Cl2NO. The van der Waals surface area contributed by atoms with Crippen molar-refractivity contribution >= 4 is 28.9 Å². The Morgan fingerprint density at radius 3 is 2.31 bits per heavy atom. The van der Waals surface area contributed by atoms with E-state index in [1.807, 2.05) is 12.1 Å². The van der Waals surface area contributed by atoms with Gasteiger partial charge in [-0.3, -0.25) is 0 Å². The summed E-state index contributed by atoms with van der Waals surface area (Å²) in [5.74, 6) is 0. The Kier molecular flexibility index (Phi) is 3.95. The number of hydrogen-bond acceptors (Lipinski definition) is 2. The fraction of sp³-hybridized carbons (Fsp3) is 0.500. The topological polar surface area (TPSA) is 32.3 Å². The van der Waals surface area contributed by atoms with Gasteiger partial charge in [0.25, 0.3) is 0 Å². The lowest BCUT2D eigenvalue weighted by molar-refractivity contribution is 0.116. The first-order chi connectivity index (χ1) is 7.65. The summed E-state index contributed by atoms with van der Waals surface area (Å²) in [7, 11) is 0. The van der Waals surface area contributed by atoms with Crippen LogP contribution in [0.1, 0.15) is 25.7 Å². The second kappa shape index (κ2) is 5.26. The van der Waals surface area contributed by atoms with Crippen LogP contribution >= 0.6 is 23.2 Å². The Morgan fingerprint density at radius 2 is 1.69 bits per heavy atom. The van der Waals surface area contributed by atoms with Gasteiger partial charge in [0.2, 0.25) is 0 Å². The maximum atomic E-state index is 9.84. The fourth-order valence-electron chi connectivity index (χ4n) is 2.13. The quantitative estimate of drug-likeness (QED) is 0.849. The highest BCUT2D eigenvalue weighted by Gasteiger charge is 2.22. The van der Waals surface area contributed by atoms with Crippen LogP contribution in [0.15, 0.2) is 18.2 Å². The minimum Gasteiger partial charge on any atom is -0.391 e. The van der Waals surface area contributed by atoms with Crippen LogP contribution in [0.2, 0.25) is 10.0 Å². The van der Waals surface area contributed by atoms with Gasteiger partial charge in [0.05, 0.1) is 12.1 Å². The summed E-state index contributed by atoms with van der Waals surface area (Å²) in [5, 5.41) is 14.4. The van der Waals surface area contributed by atoms with Crippen LogP contribution in [0.5, 0.6) is 0 Å². The van der Waals surface area contributed by atoms with Crippen molar-refractivity contribution in [1.29, 1.82) is 0 Å². The molecule has 0 amide bonds. The van der Waals surface area contributed by atoms with Crippen molar-refractivity contribution in [1.82, 2.24) is 0 Å². The first-order valence-electron chi connectivity index (χ1n) is 5.56. The average molecular weight is 260 g/mol. The Hall–Kier alpha value is -0.440. The van der Waals surface area contributed by atoms with Crippen molar-refractivity contribution in [3.8, 4) is 0 Å². The van der Waals surface area contributed by atoms with E-state index in [0.717, 1.165) is 31.4 Å². The number of nitrogens with one attached hydrogen (secondary N) is 1. The number of aliphatic hydroxyl groups is 1. The molecule has 2 N–H and O–H groups in total. The first kappa shape index (κ1) is 12.0. The summed E-state index contributed by atoms with van der Waals surface area (Å²) in [4.78, 5) is 0. The van der Waals surface area contributed by atoms with E-state index in [9.17, 15) is 5.11 Å². The smallest absolute Gasteiger partial charge is 0.0741 e. The summed E-state index contributed by atoms with van der Waals surface area (Å²) in [5.41, 5.74) is 0.878. The number of rotatable bonds is 2. The third-order valence-corrected chi connectivity index (χ3v) is 3.38. The van der Waals surface area contributed by atoms with Crippen molar-refractivity contribution in [2.45, 2.75) is 37.8 Å². The summed E-state index contributed by atoms with van der Waals surface area (Å²) in [6, 6.07) is 5.47. The lowest BCUT2D eigenvalue weighted by Gasteiger charge is -2.29. The van der Waals surface area contributed by atoms with Crippen LogP contribution in [0.25, 0.3) is 0 Å². The van der Waals surface area contributed by atoms with Crippen molar-refractivity contribution in [3.63, 3.8) is 0 Å². The van der Waals surface area contributed by atoms with Gasteiger partial charge in [-0.15, -0.1) is 0 Å². The molecule has 1 fully saturated rings. The van der Waals surface area contributed by atoms with Gasteiger partial charge in [-0.1, -0.05) is 36.0 Å². The first-order valence-corrected chi connectivity index (χ1v) is 6.31. The van der Waals surface area contributed by atoms with E-state index in [0.29, 0.717) is 10.0 Å². The lowest BCUT2D eigenvalue weighted by Crippen LogP contribution is -2.36. The van der Waals surface area contributed by atoms with E-state index in [4.69, 9.17) is 23.2 Å². The largest absolute Gasteiger partial charge is 0.391 e. The van der Waals surface area contributed by atoms with E-state index >= 15 is 0 Å². The molecule has 1 saturated carbocycles. The molecule has 0 heterocycles. The molecule has 0 radical (unpaired) electrons. The predicted octanol–water partition coefficient (Wildman–Crippen LogP) is 3.71. The minimum absolute atomic E-state index is 0.114. The zero-order chi connectivity index (χ0) is 11.5. The third kappa shape index (κ3) is 3.03. The Morgan fingerprint density at radius 1 is 1.06 bits per heavy atom. The van der Waals surface area contributed by atoms with Crippen molar-refractivity contribution in [2.24, 2.45) is 0 Å². The highest BCUT2D eigenvalue weighted by molar-refractivity contribution is 6.35. The van der Waals surface area contributed by atoms with E-state index in [-0.39, 0.29) is 12.1 Å². The monoisotopic (exact) mass is 259 g/mol. The summed E-state index contributed by atoms with van der Waals surface area (Å²) >= 11 is 11.8. The van der Waals surface area contributed by atoms with E-state index < -0.39 is 0 Å². The molecule has 1 aromatic carbocycles. The van der Waals surface area contributed by atoms with Crippen LogP contribution in [0.3, 0.4) is 0 Å². The molecule has 2 unspecified atom stereocenters. The molecule has 0 bridgehead atoms. The standard InChI is InChI=1S/C12H15Cl2NO/c13-8-5-9(14)7-10(6-8)15-11-3-1-2-4-12(11)16/h5-7,11-12,15-16H,1-4H2. The zero-order valence-corrected chi connectivity index (χ0v) is 10.4. The van der Waals surface area contributed by atoms with Crippen LogP contribution < -0.4 is 5.32 Å². The van der Waals surface area contributed by atoms with Gasteiger partial charge >= 0.3 is 0 Å². The lowest BCUT2D eigenvalue weighted by atomic mass is 9.92. The van der Waals surface area contributed by atoms with Crippen LogP contribution in [-0.4, -0.2) is 17.3 Å². The van der Waals surface area contributed by atoms with Crippen LogP contribution in [0.4, 0.5) is 5.69 Å².